The highest BCUT2D eigenvalue weighted by Crippen LogP contribution is 2.34. The second-order valence-corrected chi connectivity index (χ2v) is 5.79. The van der Waals surface area contributed by atoms with E-state index in [4.69, 9.17) is 4.74 Å². The molecule has 3 heteroatoms. The lowest BCUT2D eigenvalue weighted by Gasteiger charge is -2.14. The van der Waals surface area contributed by atoms with Crippen LogP contribution in [-0.2, 0) is 15.5 Å². The van der Waals surface area contributed by atoms with Gasteiger partial charge in [0.25, 0.3) is 0 Å². The second kappa shape index (κ2) is 5.51. The van der Waals surface area contributed by atoms with Crippen molar-refractivity contribution in [3.63, 3.8) is 0 Å². The fraction of sp³-hybridized carbons (Fsp3) is 0.125. The Kier molecular flexibility index (Phi) is 3.58. The number of hydrogen-bond acceptors (Lipinski definition) is 2. The summed E-state index contributed by atoms with van der Waals surface area (Å²) >= 11 is 0. The van der Waals surface area contributed by atoms with Gasteiger partial charge in [0, 0.05) is 4.90 Å². The molecular weight excluding hydrogens is 256 g/mol. The van der Waals surface area contributed by atoms with Crippen molar-refractivity contribution in [2.75, 3.05) is 6.61 Å². The molecule has 0 amide bonds. The van der Waals surface area contributed by atoms with Crippen molar-refractivity contribution in [1.29, 1.82) is 0 Å². The lowest BCUT2D eigenvalue weighted by molar-refractivity contribution is 0.127. The van der Waals surface area contributed by atoms with Crippen LogP contribution in [-0.4, -0.2) is 10.8 Å². The summed E-state index contributed by atoms with van der Waals surface area (Å²) in [7, 11) is -1.15. The third-order valence-corrected chi connectivity index (χ3v) is 4.59. The topological polar surface area (TPSA) is 26.3 Å². The van der Waals surface area contributed by atoms with Gasteiger partial charge in [-0.05, 0) is 23.8 Å². The van der Waals surface area contributed by atoms with Crippen LogP contribution in [0.15, 0.2) is 76.5 Å². The molecule has 0 bridgehead atoms. The molecule has 2 atom stereocenters. The molecule has 1 aliphatic heterocycles. The van der Waals surface area contributed by atoms with Gasteiger partial charge >= 0.3 is 0 Å². The predicted molar refractivity (Wildman–Crippen MR) is 76.1 cm³/mol. The minimum absolute atomic E-state index is 0.192. The molecule has 0 fully saturated rings. The average Bonchev–Trinajstić information content (AvgIpc) is 2.98. The van der Waals surface area contributed by atoms with Crippen molar-refractivity contribution in [3.8, 4) is 0 Å². The third kappa shape index (κ3) is 2.53. The van der Waals surface area contributed by atoms with Crippen LogP contribution in [0.2, 0.25) is 0 Å². The molecular formula is C16H14O2S. The van der Waals surface area contributed by atoms with Crippen LogP contribution in [0.3, 0.4) is 0 Å². The van der Waals surface area contributed by atoms with E-state index in [2.05, 4.69) is 0 Å². The zero-order chi connectivity index (χ0) is 13.1. The van der Waals surface area contributed by atoms with Crippen LogP contribution in [0.4, 0.5) is 0 Å². The van der Waals surface area contributed by atoms with E-state index in [9.17, 15) is 4.21 Å². The Morgan fingerprint density at radius 2 is 1.58 bits per heavy atom. The number of benzene rings is 2. The Bertz CT molecular complexity index is 605. The summed E-state index contributed by atoms with van der Waals surface area (Å²) in [4.78, 5) is 1.66. The summed E-state index contributed by atoms with van der Waals surface area (Å²) in [6, 6.07) is 19.4. The van der Waals surface area contributed by atoms with Crippen LogP contribution < -0.4 is 0 Å². The van der Waals surface area contributed by atoms with Crippen LogP contribution in [0.1, 0.15) is 11.7 Å². The fourth-order valence-electron chi connectivity index (χ4n) is 2.16. The maximum atomic E-state index is 12.6. The van der Waals surface area contributed by atoms with Gasteiger partial charge in [0.05, 0.1) is 22.3 Å². The Morgan fingerprint density at radius 1 is 0.947 bits per heavy atom. The lowest BCUT2D eigenvalue weighted by Crippen LogP contribution is -2.05. The molecule has 1 aliphatic rings. The normalized spacial score (nSPS) is 20.0. The minimum Gasteiger partial charge on any atom is -0.364 e. The molecule has 0 aliphatic carbocycles. The maximum Gasteiger partial charge on any atom is 0.116 e. The molecule has 0 saturated heterocycles. The molecule has 0 aromatic heterocycles. The first-order chi connectivity index (χ1) is 9.36. The van der Waals surface area contributed by atoms with Gasteiger partial charge in [0.1, 0.15) is 6.10 Å². The zero-order valence-corrected chi connectivity index (χ0v) is 11.2. The molecule has 2 nitrogen and oxygen atoms in total. The summed E-state index contributed by atoms with van der Waals surface area (Å²) in [5.74, 6) is 0. The van der Waals surface area contributed by atoms with E-state index in [-0.39, 0.29) is 6.10 Å². The lowest BCUT2D eigenvalue weighted by atomic mass is 10.1. The Morgan fingerprint density at radius 3 is 2.26 bits per heavy atom. The summed E-state index contributed by atoms with van der Waals surface area (Å²) in [5.41, 5.74) is 1.05. The monoisotopic (exact) mass is 270 g/mol. The Labute approximate surface area is 115 Å². The zero-order valence-electron chi connectivity index (χ0n) is 10.4. The number of hydrogen-bond donors (Lipinski definition) is 0. The van der Waals surface area contributed by atoms with Crippen molar-refractivity contribution in [2.45, 2.75) is 11.0 Å². The van der Waals surface area contributed by atoms with Crippen molar-refractivity contribution in [2.24, 2.45) is 0 Å². The Balaban J connectivity index is 1.90. The first-order valence-corrected chi connectivity index (χ1v) is 7.34. The van der Waals surface area contributed by atoms with Crippen molar-refractivity contribution < 1.29 is 8.95 Å². The molecule has 3 rings (SSSR count). The quantitative estimate of drug-likeness (QED) is 0.854. The van der Waals surface area contributed by atoms with E-state index in [1.54, 1.807) is 0 Å². The summed E-state index contributed by atoms with van der Waals surface area (Å²) < 4.78 is 18.3. The summed E-state index contributed by atoms with van der Waals surface area (Å²) in [6.45, 7) is 0.521. The van der Waals surface area contributed by atoms with Gasteiger partial charge in [-0.25, -0.2) is 4.21 Å². The van der Waals surface area contributed by atoms with E-state index in [1.165, 1.54) is 0 Å². The van der Waals surface area contributed by atoms with E-state index in [1.807, 2.05) is 66.7 Å². The van der Waals surface area contributed by atoms with Crippen molar-refractivity contribution in [3.05, 3.63) is 77.2 Å². The van der Waals surface area contributed by atoms with Crippen molar-refractivity contribution in [1.82, 2.24) is 0 Å². The predicted octanol–water partition coefficient (Wildman–Crippen LogP) is 3.45. The highest BCUT2D eigenvalue weighted by molar-refractivity contribution is 7.89. The van der Waals surface area contributed by atoms with E-state index in [0.717, 1.165) is 15.4 Å². The molecule has 96 valence electrons. The number of ether oxygens (including phenoxy) is 1. The van der Waals surface area contributed by atoms with Gasteiger partial charge in [0.2, 0.25) is 0 Å². The van der Waals surface area contributed by atoms with Crippen LogP contribution in [0.25, 0.3) is 0 Å². The highest BCUT2D eigenvalue weighted by atomic mass is 32.2. The average molecular weight is 270 g/mol. The largest absolute Gasteiger partial charge is 0.364 e. The molecule has 19 heavy (non-hydrogen) atoms. The number of rotatable bonds is 3. The van der Waals surface area contributed by atoms with E-state index in [0.29, 0.717) is 6.61 Å². The van der Waals surface area contributed by atoms with Gasteiger partial charge < -0.3 is 4.74 Å². The molecule has 1 unspecified atom stereocenters. The van der Waals surface area contributed by atoms with Crippen molar-refractivity contribution >= 4 is 10.8 Å². The molecule has 0 N–H and O–H groups in total. The third-order valence-electron chi connectivity index (χ3n) is 3.08. The molecule has 2 aromatic rings. The summed E-state index contributed by atoms with van der Waals surface area (Å²) in [5, 5.41) is 0. The maximum absolute atomic E-state index is 12.6. The molecule has 0 spiro atoms. The van der Waals surface area contributed by atoms with Gasteiger partial charge in [-0.1, -0.05) is 48.5 Å². The van der Waals surface area contributed by atoms with Crippen LogP contribution in [0, 0.1) is 0 Å². The van der Waals surface area contributed by atoms with Gasteiger partial charge in [-0.3, -0.25) is 0 Å². The standard InChI is InChI=1S/C16H14O2S/c17-19(14-9-5-2-6-10-14)15-11-12-18-16(15)13-7-3-1-4-8-13/h1-11,16H,12H2/t16-,19?/m1/s1. The van der Waals surface area contributed by atoms with E-state index >= 15 is 0 Å². The van der Waals surface area contributed by atoms with Gasteiger partial charge in [0.15, 0.2) is 0 Å². The second-order valence-electron chi connectivity index (χ2n) is 4.31. The SMILES string of the molecule is O=S(C1=CCO[C@@H]1c1ccccc1)c1ccccc1. The van der Waals surface area contributed by atoms with Gasteiger partial charge in [-0.15, -0.1) is 0 Å². The molecule has 0 radical (unpaired) electrons. The Hall–Kier alpha value is -1.71. The van der Waals surface area contributed by atoms with Crippen LogP contribution in [0.5, 0.6) is 0 Å². The fourth-order valence-corrected chi connectivity index (χ4v) is 3.45. The smallest absolute Gasteiger partial charge is 0.116 e. The molecule has 1 heterocycles. The molecule has 2 aromatic carbocycles. The minimum atomic E-state index is -1.15. The first-order valence-electron chi connectivity index (χ1n) is 6.19. The van der Waals surface area contributed by atoms with E-state index < -0.39 is 10.8 Å². The summed E-state index contributed by atoms with van der Waals surface area (Å²) in [6.07, 6.45) is 1.74. The molecule has 0 saturated carbocycles. The highest BCUT2D eigenvalue weighted by Gasteiger charge is 2.26. The first kappa shape index (κ1) is 12.3. The van der Waals surface area contributed by atoms with Gasteiger partial charge in [-0.2, -0.15) is 0 Å². The van der Waals surface area contributed by atoms with Crippen LogP contribution >= 0.6 is 0 Å².